The number of aromatic hydroxyl groups is 1. The van der Waals surface area contributed by atoms with Crippen molar-refractivity contribution in [3.05, 3.63) is 52.9 Å². The standard InChI is InChI=1S/C13H8O3/c14-11-7-12-10(5-6-13(15)16-12)8-3-1-2-4-9(8)11/h1-7,14H. The van der Waals surface area contributed by atoms with E-state index in [9.17, 15) is 9.90 Å². The Morgan fingerprint density at radius 3 is 2.50 bits per heavy atom. The topological polar surface area (TPSA) is 50.4 Å². The zero-order chi connectivity index (χ0) is 11.1. The minimum Gasteiger partial charge on any atom is -0.507 e. The maximum absolute atomic E-state index is 11.1. The normalized spacial score (nSPS) is 11.0. The van der Waals surface area contributed by atoms with Crippen LogP contribution in [0.15, 0.2) is 51.7 Å². The Morgan fingerprint density at radius 1 is 0.938 bits per heavy atom. The van der Waals surface area contributed by atoms with Crippen LogP contribution in [0.2, 0.25) is 0 Å². The fourth-order valence-electron chi connectivity index (χ4n) is 1.90. The van der Waals surface area contributed by atoms with Crippen molar-refractivity contribution in [2.24, 2.45) is 0 Å². The van der Waals surface area contributed by atoms with Crippen molar-refractivity contribution in [3.63, 3.8) is 0 Å². The van der Waals surface area contributed by atoms with Crippen LogP contribution in [0.1, 0.15) is 0 Å². The van der Waals surface area contributed by atoms with E-state index in [-0.39, 0.29) is 5.75 Å². The lowest BCUT2D eigenvalue weighted by atomic mass is 10.1. The maximum atomic E-state index is 11.1. The van der Waals surface area contributed by atoms with Crippen LogP contribution in [0.25, 0.3) is 21.7 Å². The van der Waals surface area contributed by atoms with E-state index in [1.54, 1.807) is 6.07 Å². The van der Waals surface area contributed by atoms with E-state index in [0.717, 1.165) is 16.2 Å². The third kappa shape index (κ3) is 1.18. The van der Waals surface area contributed by atoms with E-state index in [1.165, 1.54) is 12.1 Å². The highest BCUT2D eigenvalue weighted by Gasteiger charge is 2.06. The van der Waals surface area contributed by atoms with Crippen LogP contribution in [-0.4, -0.2) is 5.11 Å². The molecule has 1 N–H and O–H groups in total. The summed E-state index contributed by atoms with van der Waals surface area (Å²) in [6.07, 6.45) is 0. The van der Waals surface area contributed by atoms with Gasteiger partial charge in [-0.05, 0) is 11.5 Å². The van der Waals surface area contributed by atoms with Crippen molar-refractivity contribution in [2.45, 2.75) is 0 Å². The summed E-state index contributed by atoms with van der Waals surface area (Å²) in [4.78, 5) is 11.1. The van der Waals surface area contributed by atoms with Gasteiger partial charge in [-0.2, -0.15) is 0 Å². The Morgan fingerprint density at radius 2 is 1.69 bits per heavy atom. The van der Waals surface area contributed by atoms with Gasteiger partial charge in [-0.1, -0.05) is 24.3 Å². The molecular formula is C13H8O3. The van der Waals surface area contributed by atoms with Gasteiger partial charge in [0.2, 0.25) is 0 Å². The zero-order valence-corrected chi connectivity index (χ0v) is 8.31. The summed E-state index contributed by atoms with van der Waals surface area (Å²) < 4.78 is 5.04. The molecule has 0 aliphatic rings. The lowest BCUT2D eigenvalue weighted by molar-refractivity contribution is 0.479. The Kier molecular flexibility index (Phi) is 1.74. The molecule has 0 spiro atoms. The molecule has 3 aromatic rings. The Balaban J connectivity index is 2.64. The van der Waals surface area contributed by atoms with Gasteiger partial charge in [-0.25, -0.2) is 4.79 Å². The summed E-state index contributed by atoms with van der Waals surface area (Å²) in [5.74, 6) is 0.123. The minimum atomic E-state index is -0.415. The molecule has 0 unspecified atom stereocenters. The maximum Gasteiger partial charge on any atom is 0.336 e. The first kappa shape index (κ1) is 8.97. The molecule has 3 nitrogen and oxygen atoms in total. The van der Waals surface area contributed by atoms with E-state index in [4.69, 9.17) is 4.42 Å². The summed E-state index contributed by atoms with van der Waals surface area (Å²) in [7, 11) is 0. The van der Waals surface area contributed by atoms with Crippen molar-refractivity contribution in [2.75, 3.05) is 0 Å². The van der Waals surface area contributed by atoms with Gasteiger partial charge < -0.3 is 9.52 Å². The van der Waals surface area contributed by atoms with E-state index in [2.05, 4.69) is 0 Å². The number of benzene rings is 2. The van der Waals surface area contributed by atoms with Gasteiger partial charge in [0.05, 0.1) is 0 Å². The van der Waals surface area contributed by atoms with E-state index < -0.39 is 5.63 Å². The van der Waals surface area contributed by atoms with Crippen LogP contribution in [0, 0.1) is 0 Å². The lowest BCUT2D eigenvalue weighted by Crippen LogP contribution is -1.94. The number of phenols is 1. The molecule has 1 heterocycles. The molecule has 0 aliphatic carbocycles. The quantitative estimate of drug-likeness (QED) is 0.460. The van der Waals surface area contributed by atoms with Crippen LogP contribution < -0.4 is 5.63 Å². The molecule has 3 heteroatoms. The van der Waals surface area contributed by atoms with Crippen LogP contribution in [0.4, 0.5) is 0 Å². The van der Waals surface area contributed by atoms with Gasteiger partial charge in [0.25, 0.3) is 0 Å². The molecule has 16 heavy (non-hydrogen) atoms. The average Bonchev–Trinajstić information content (AvgIpc) is 2.29. The van der Waals surface area contributed by atoms with E-state index in [0.29, 0.717) is 5.58 Å². The monoisotopic (exact) mass is 212 g/mol. The molecular weight excluding hydrogens is 204 g/mol. The van der Waals surface area contributed by atoms with Gasteiger partial charge in [0.15, 0.2) is 0 Å². The first-order chi connectivity index (χ1) is 7.75. The smallest absolute Gasteiger partial charge is 0.336 e. The number of hydrogen-bond acceptors (Lipinski definition) is 3. The average molecular weight is 212 g/mol. The van der Waals surface area contributed by atoms with Crippen molar-refractivity contribution < 1.29 is 9.52 Å². The molecule has 0 saturated heterocycles. The molecule has 0 fully saturated rings. The number of phenolic OH excluding ortho intramolecular Hbond substituents is 1. The highest BCUT2D eigenvalue weighted by atomic mass is 16.4. The summed E-state index contributed by atoms with van der Waals surface area (Å²) in [6, 6.07) is 12.0. The molecule has 0 aliphatic heterocycles. The molecule has 1 aromatic heterocycles. The van der Waals surface area contributed by atoms with Crippen LogP contribution >= 0.6 is 0 Å². The first-order valence-corrected chi connectivity index (χ1v) is 4.90. The van der Waals surface area contributed by atoms with Crippen molar-refractivity contribution in [1.29, 1.82) is 0 Å². The van der Waals surface area contributed by atoms with E-state index >= 15 is 0 Å². The second-order valence-electron chi connectivity index (χ2n) is 3.61. The van der Waals surface area contributed by atoms with Gasteiger partial charge >= 0.3 is 5.63 Å². The molecule has 0 amide bonds. The molecule has 0 atom stereocenters. The zero-order valence-electron chi connectivity index (χ0n) is 8.31. The Labute approximate surface area is 90.6 Å². The second-order valence-corrected chi connectivity index (χ2v) is 3.61. The Bertz CT molecular complexity index is 741. The molecule has 3 rings (SSSR count). The summed E-state index contributed by atoms with van der Waals surface area (Å²) in [6.45, 7) is 0. The van der Waals surface area contributed by atoms with Gasteiger partial charge in [0.1, 0.15) is 11.3 Å². The predicted octanol–water partition coefficient (Wildman–Crippen LogP) is 2.65. The highest BCUT2D eigenvalue weighted by molar-refractivity contribution is 6.08. The van der Waals surface area contributed by atoms with Crippen LogP contribution in [-0.2, 0) is 0 Å². The predicted molar refractivity (Wildman–Crippen MR) is 61.7 cm³/mol. The summed E-state index contributed by atoms with van der Waals surface area (Å²) in [5.41, 5.74) is -0.00844. The highest BCUT2D eigenvalue weighted by Crippen LogP contribution is 2.31. The van der Waals surface area contributed by atoms with E-state index in [1.807, 2.05) is 24.3 Å². The largest absolute Gasteiger partial charge is 0.507 e. The van der Waals surface area contributed by atoms with Crippen molar-refractivity contribution in [1.82, 2.24) is 0 Å². The number of fused-ring (bicyclic) bond motifs is 3. The Hall–Kier alpha value is -2.29. The van der Waals surface area contributed by atoms with Gasteiger partial charge in [-0.3, -0.25) is 0 Å². The number of rotatable bonds is 0. The molecule has 0 bridgehead atoms. The van der Waals surface area contributed by atoms with Gasteiger partial charge in [-0.15, -0.1) is 0 Å². The molecule has 0 radical (unpaired) electrons. The van der Waals surface area contributed by atoms with Crippen LogP contribution in [0.5, 0.6) is 5.75 Å². The fraction of sp³-hybridized carbons (Fsp3) is 0. The van der Waals surface area contributed by atoms with Crippen LogP contribution in [0.3, 0.4) is 0 Å². The molecule has 2 aromatic carbocycles. The lowest BCUT2D eigenvalue weighted by Gasteiger charge is -2.04. The van der Waals surface area contributed by atoms with Crippen molar-refractivity contribution >= 4 is 21.7 Å². The number of hydrogen-bond donors (Lipinski definition) is 1. The second kappa shape index (κ2) is 3.10. The van der Waals surface area contributed by atoms with Crippen molar-refractivity contribution in [3.8, 4) is 5.75 Å². The third-order valence-electron chi connectivity index (χ3n) is 2.62. The minimum absolute atomic E-state index is 0.123. The molecule has 0 saturated carbocycles. The summed E-state index contributed by atoms with van der Waals surface area (Å²) >= 11 is 0. The molecule has 78 valence electrons. The summed E-state index contributed by atoms with van der Waals surface area (Å²) in [5, 5.41) is 12.3. The SMILES string of the molecule is O=c1ccc2c(cc(O)c3ccccc32)o1. The first-order valence-electron chi connectivity index (χ1n) is 4.90. The fourth-order valence-corrected chi connectivity index (χ4v) is 1.90. The van der Waals surface area contributed by atoms with Gasteiger partial charge in [0, 0.05) is 22.9 Å². The third-order valence-corrected chi connectivity index (χ3v) is 2.62.